The molecular weight excluding hydrogens is 390 g/mol. The van der Waals surface area contributed by atoms with Crippen LogP contribution in [0.2, 0.25) is 0 Å². The molecule has 0 radical (unpaired) electrons. The second-order valence-electron chi connectivity index (χ2n) is 6.65. The fraction of sp³-hybridized carbons (Fsp3) is 0.190. The fourth-order valence-electron chi connectivity index (χ4n) is 3.27. The van der Waals surface area contributed by atoms with Crippen molar-refractivity contribution in [2.24, 2.45) is 0 Å². The highest BCUT2D eigenvalue weighted by Crippen LogP contribution is 2.31. The molecule has 2 amide bonds. The van der Waals surface area contributed by atoms with Gasteiger partial charge >= 0.3 is 5.24 Å². The van der Waals surface area contributed by atoms with Crippen molar-refractivity contribution in [3.05, 3.63) is 71.4 Å². The van der Waals surface area contributed by atoms with Gasteiger partial charge < -0.3 is 9.80 Å². The molecule has 0 aromatic heterocycles. The molecule has 2 aliphatic rings. The molecule has 0 spiro atoms. The second-order valence-corrected chi connectivity index (χ2v) is 7.57. The van der Waals surface area contributed by atoms with Gasteiger partial charge in [-0.2, -0.15) is 5.06 Å². The van der Waals surface area contributed by atoms with E-state index >= 15 is 0 Å². The summed E-state index contributed by atoms with van der Waals surface area (Å²) in [5.74, 6) is -0.0828. The van der Waals surface area contributed by atoms with E-state index in [4.69, 9.17) is 4.84 Å². The topological polar surface area (TPSA) is 70.2 Å². The van der Waals surface area contributed by atoms with E-state index in [1.54, 1.807) is 17.0 Å². The minimum absolute atomic E-state index is 0.0828. The number of rotatable bonds is 5. The highest BCUT2D eigenvalue weighted by molar-refractivity contribution is 8.27. The van der Waals surface area contributed by atoms with Crippen LogP contribution < -0.4 is 4.90 Å². The number of hydrogen-bond acceptors (Lipinski definition) is 6. The molecule has 1 fully saturated rings. The van der Waals surface area contributed by atoms with Gasteiger partial charge in [-0.05, 0) is 23.8 Å². The van der Waals surface area contributed by atoms with Gasteiger partial charge in [0.05, 0.1) is 24.5 Å². The van der Waals surface area contributed by atoms with Crippen LogP contribution in [0, 0.1) is 0 Å². The third kappa shape index (κ3) is 3.90. The molecule has 7 nitrogen and oxygen atoms in total. The molecule has 1 saturated heterocycles. The number of carbonyl (C=O) groups is 3. The molecule has 8 heteroatoms. The van der Waals surface area contributed by atoms with Gasteiger partial charge in [0.25, 0.3) is 5.91 Å². The molecule has 0 saturated carbocycles. The predicted molar refractivity (Wildman–Crippen MR) is 111 cm³/mol. The van der Waals surface area contributed by atoms with E-state index in [9.17, 15) is 14.4 Å². The maximum Gasteiger partial charge on any atom is 0.318 e. The number of hydrogen-bond donors (Lipinski definition) is 0. The van der Waals surface area contributed by atoms with Gasteiger partial charge in [-0.15, -0.1) is 0 Å². The smallest absolute Gasteiger partial charge is 0.318 e. The summed E-state index contributed by atoms with van der Waals surface area (Å²) in [5, 5.41) is 0.178. The molecular formula is C21H19N3O4S. The normalized spacial score (nSPS) is 18.0. The number of fused-ring (bicyclic) bond motifs is 1. The van der Waals surface area contributed by atoms with Crippen LogP contribution in [-0.4, -0.2) is 53.1 Å². The molecule has 2 aromatic rings. The van der Waals surface area contributed by atoms with E-state index in [1.807, 2.05) is 60.5 Å². The number of nitrogens with zero attached hydrogens (tertiary/aromatic N) is 3. The van der Waals surface area contributed by atoms with Gasteiger partial charge in [-0.3, -0.25) is 19.2 Å². The van der Waals surface area contributed by atoms with E-state index in [1.165, 1.54) is 0 Å². The van der Waals surface area contributed by atoms with Crippen LogP contribution in [0.5, 0.6) is 0 Å². The Balaban J connectivity index is 1.43. The largest absolute Gasteiger partial charge is 0.356 e. The first-order chi connectivity index (χ1) is 14.0. The number of amides is 2. The summed E-state index contributed by atoms with van der Waals surface area (Å²) in [6.45, 7) is 0.805. The van der Waals surface area contributed by atoms with E-state index in [0.717, 1.165) is 16.3 Å². The Morgan fingerprint density at radius 2 is 1.76 bits per heavy atom. The second kappa shape index (κ2) is 8.10. The van der Waals surface area contributed by atoms with Crippen molar-refractivity contribution in [2.75, 3.05) is 31.8 Å². The molecule has 29 heavy (non-hydrogen) atoms. The number of carbonyl (C=O) groups excluding carboxylic acids is 3. The maximum atomic E-state index is 12.7. The highest BCUT2D eigenvalue weighted by Gasteiger charge is 2.36. The van der Waals surface area contributed by atoms with Crippen molar-refractivity contribution in [3.63, 3.8) is 0 Å². The van der Waals surface area contributed by atoms with Crippen molar-refractivity contribution in [3.8, 4) is 0 Å². The number of thioether (sulfide) groups is 1. The zero-order chi connectivity index (χ0) is 20.4. The van der Waals surface area contributed by atoms with Gasteiger partial charge in [0.1, 0.15) is 5.70 Å². The third-order valence-corrected chi connectivity index (χ3v) is 5.41. The molecule has 2 heterocycles. The lowest BCUT2D eigenvalue weighted by molar-refractivity contribution is -0.117. The number of hydroxylamine groups is 2. The molecule has 4 rings (SSSR count). The summed E-state index contributed by atoms with van der Waals surface area (Å²) < 4.78 is 0. The average Bonchev–Trinajstić information content (AvgIpc) is 2.99. The van der Waals surface area contributed by atoms with Gasteiger partial charge in [-0.1, -0.05) is 42.5 Å². The lowest BCUT2D eigenvalue weighted by Gasteiger charge is -2.35. The van der Waals surface area contributed by atoms with Crippen LogP contribution in [0.15, 0.2) is 60.3 Å². The predicted octanol–water partition coefficient (Wildman–Crippen LogP) is 3.20. The number of benzene rings is 2. The van der Waals surface area contributed by atoms with E-state index < -0.39 is 5.24 Å². The maximum absolute atomic E-state index is 12.7. The Bertz CT molecular complexity index is 992. The Morgan fingerprint density at radius 1 is 1.03 bits per heavy atom. The molecule has 2 aliphatic heterocycles. The molecule has 0 unspecified atom stereocenters. The van der Waals surface area contributed by atoms with Crippen LogP contribution in [0.4, 0.5) is 10.5 Å². The first-order valence-corrected chi connectivity index (χ1v) is 9.91. The standard InChI is InChI=1S/C21H19N3O4S/c1-22-14-23(19(25)16-9-5-6-10-17(16)22)11-12-28-24-18(20(26)29-21(24)27)13-15-7-3-2-4-8-15/h2-10,13H,11-12,14H2,1H3. The summed E-state index contributed by atoms with van der Waals surface area (Å²) in [5.41, 5.74) is 2.50. The summed E-state index contributed by atoms with van der Waals surface area (Å²) in [7, 11) is 1.92. The Morgan fingerprint density at radius 3 is 2.55 bits per heavy atom. The Labute approximate surface area is 172 Å². The van der Waals surface area contributed by atoms with Crippen molar-refractivity contribution in [1.82, 2.24) is 9.96 Å². The quantitative estimate of drug-likeness (QED) is 0.707. The summed E-state index contributed by atoms with van der Waals surface area (Å²) in [6.07, 6.45) is 1.62. The van der Waals surface area contributed by atoms with Gasteiger partial charge in [0, 0.05) is 25.4 Å². The van der Waals surface area contributed by atoms with E-state index in [2.05, 4.69) is 0 Å². The zero-order valence-corrected chi connectivity index (χ0v) is 16.6. The molecule has 0 bridgehead atoms. The summed E-state index contributed by atoms with van der Waals surface area (Å²) >= 11 is 0.600. The molecule has 148 valence electrons. The third-order valence-electron chi connectivity index (χ3n) is 4.67. The Kier molecular flexibility index (Phi) is 5.37. The van der Waals surface area contributed by atoms with Crippen molar-refractivity contribution in [1.29, 1.82) is 0 Å². The van der Waals surface area contributed by atoms with Crippen molar-refractivity contribution < 1.29 is 19.2 Å². The number of anilines is 1. The van der Waals surface area contributed by atoms with E-state index in [0.29, 0.717) is 30.5 Å². The minimum Gasteiger partial charge on any atom is -0.356 e. The van der Waals surface area contributed by atoms with E-state index in [-0.39, 0.29) is 23.3 Å². The SMILES string of the molecule is CN1CN(CCON2C(=O)SC(=O)C2=Cc2ccccc2)C(=O)c2ccccc21. The van der Waals surface area contributed by atoms with Crippen molar-refractivity contribution >= 4 is 39.8 Å². The number of para-hydroxylation sites is 1. The van der Waals surface area contributed by atoms with Gasteiger partial charge in [0.15, 0.2) is 0 Å². The molecule has 0 aliphatic carbocycles. The fourth-order valence-corrected chi connectivity index (χ4v) is 3.91. The van der Waals surface area contributed by atoms with Crippen molar-refractivity contribution in [2.45, 2.75) is 0 Å². The Hall–Kier alpha value is -3.10. The zero-order valence-electron chi connectivity index (χ0n) is 15.8. The lowest BCUT2D eigenvalue weighted by Crippen LogP contribution is -2.46. The highest BCUT2D eigenvalue weighted by atomic mass is 32.2. The first-order valence-electron chi connectivity index (χ1n) is 9.10. The molecule has 0 atom stereocenters. The van der Waals surface area contributed by atoms with Crippen LogP contribution in [0.1, 0.15) is 15.9 Å². The molecule has 0 N–H and O–H groups in total. The lowest BCUT2D eigenvalue weighted by atomic mass is 10.1. The average molecular weight is 409 g/mol. The molecule has 2 aromatic carbocycles. The van der Waals surface area contributed by atoms with Crippen LogP contribution in [-0.2, 0) is 9.63 Å². The van der Waals surface area contributed by atoms with Crippen LogP contribution >= 0.6 is 11.8 Å². The van der Waals surface area contributed by atoms with Gasteiger partial charge in [-0.25, -0.2) is 0 Å². The van der Waals surface area contributed by atoms with Crippen LogP contribution in [0.25, 0.3) is 6.08 Å². The monoisotopic (exact) mass is 409 g/mol. The first kappa shape index (κ1) is 19.2. The summed E-state index contributed by atoms with van der Waals surface area (Å²) in [4.78, 5) is 46.3. The minimum atomic E-state index is -0.482. The van der Waals surface area contributed by atoms with Crippen LogP contribution in [0.3, 0.4) is 0 Å². The summed E-state index contributed by atoms with van der Waals surface area (Å²) in [6, 6.07) is 16.7. The van der Waals surface area contributed by atoms with Gasteiger partial charge in [0.2, 0.25) is 5.12 Å².